The summed E-state index contributed by atoms with van der Waals surface area (Å²) in [5, 5.41) is 6.18. The number of aliphatic imine (C=N–C) groups is 1. The van der Waals surface area contributed by atoms with Gasteiger partial charge in [0.25, 0.3) is 0 Å². The lowest BCUT2D eigenvalue weighted by Crippen LogP contribution is -2.54. The number of hydrogen-bond acceptors (Lipinski definition) is 5. The molecule has 1 aromatic rings. The van der Waals surface area contributed by atoms with E-state index >= 15 is 0 Å². The Balaban J connectivity index is 1.80. The third-order valence-electron chi connectivity index (χ3n) is 4.65. The molecule has 168 valence electrons. The van der Waals surface area contributed by atoms with Gasteiger partial charge in [0, 0.05) is 46.4 Å². The Labute approximate surface area is 178 Å². The van der Waals surface area contributed by atoms with Gasteiger partial charge >= 0.3 is 0 Å². The van der Waals surface area contributed by atoms with E-state index in [-0.39, 0.29) is 17.8 Å². The minimum Gasteiger partial charge on any atom is -0.489 e. The van der Waals surface area contributed by atoms with E-state index in [0.29, 0.717) is 32.0 Å². The van der Waals surface area contributed by atoms with Crippen LogP contribution in [0.5, 0.6) is 5.75 Å². The predicted molar refractivity (Wildman–Crippen MR) is 115 cm³/mol. The number of amides is 1. The van der Waals surface area contributed by atoms with Gasteiger partial charge in [-0.1, -0.05) is 0 Å². The highest BCUT2D eigenvalue weighted by molar-refractivity contribution is 5.80. The molecule has 1 saturated heterocycles. The number of nitrogens with zero attached hydrogens (tertiary/aromatic N) is 3. The molecule has 2 N–H and O–H groups in total. The topological polar surface area (TPSA) is 78.4 Å². The van der Waals surface area contributed by atoms with E-state index in [1.54, 1.807) is 19.2 Å². The summed E-state index contributed by atoms with van der Waals surface area (Å²) in [6.45, 7) is 9.87. The predicted octanol–water partition coefficient (Wildman–Crippen LogP) is 0.939. The Morgan fingerprint density at radius 2 is 1.90 bits per heavy atom. The first-order chi connectivity index (χ1) is 14.5. The van der Waals surface area contributed by atoms with Crippen LogP contribution in [0.2, 0.25) is 0 Å². The zero-order valence-corrected chi connectivity index (χ0v) is 18.2. The SMILES string of the molecule is CCNC(=NCC(C)Oc1ccc(F)cc1)N1CCN(CC(=O)NCCOC)CC1. The third kappa shape index (κ3) is 8.54. The van der Waals surface area contributed by atoms with E-state index in [0.717, 1.165) is 38.7 Å². The lowest BCUT2D eigenvalue weighted by atomic mass is 10.3. The molecule has 0 saturated carbocycles. The summed E-state index contributed by atoms with van der Waals surface area (Å²) in [5.74, 6) is 1.21. The van der Waals surface area contributed by atoms with E-state index in [1.807, 2.05) is 13.8 Å². The molecule has 0 spiro atoms. The highest BCUT2D eigenvalue weighted by Gasteiger charge is 2.21. The summed E-state index contributed by atoms with van der Waals surface area (Å²) in [5.41, 5.74) is 0. The van der Waals surface area contributed by atoms with E-state index in [1.165, 1.54) is 12.1 Å². The first-order valence-corrected chi connectivity index (χ1v) is 10.4. The number of carbonyl (C=O) groups excluding carboxylic acids is 1. The summed E-state index contributed by atoms with van der Waals surface area (Å²) < 4.78 is 23.8. The Morgan fingerprint density at radius 3 is 2.53 bits per heavy atom. The van der Waals surface area contributed by atoms with Crippen LogP contribution < -0.4 is 15.4 Å². The van der Waals surface area contributed by atoms with Crippen LogP contribution in [0.3, 0.4) is 0 Å². The second kappa shape index (κ2) is 13.0. The Kier molecular flexibility index (Phi) is 10.4. The Morgan fingerprint density at radius 1 is 1.20 bits per heavy atom. The Bertz CT molecular complexity index is 663. The molecule has 1 amide bonds. The maximum Gasteiger partial charge on any atom is 0.234 e. The highest BCUT2D eigenvalue weighted by atomic mass is 19.1. The van der Waals surface area contributed by atoms with Crippen molar-refractivity contribution >= 4 is 11.9 Å². The molecule has 8 nitrogen and oxygen atoms in total. The summed E-state index contributed by atoms with van der Waals surface area (Å²) in [6.07, 6.45) is -0.138. The second-order valence-electron chi connectivity index (χ2n) is 7.18. The van der Waals surface area contributed by atoms with Gasteiger partial charge in [0.1, 0.15) is 17.7 Å². The van der Waals surface area contributed by atoms with Crippen LogP contribution in [-0.2, 0) is 9.53 Å². The molecular weight excluding hydrogens is 389 g/mol. The van der Waals surface area contributed by atoms with E-state index < -0.39 is 0 Å². The fourth-order valence-corrected chi connectivity index (χ4v) is 3.09. The van der Waals surface area contributed by atoms with Crippen molar-refractivity contribution in [2.45, 2.75) is 20.0 Å². The summed E-state index contributed by atoms with van der Waals surface area (Å²) in [4.78, 5) is 21.0. The van der Waals surface area contributed by atoms with Crippen molar-refractivity contribution in [3.05, 3.63) is 30.1 Å². The molecule has 0 aliphatic carbocycles. The van der Waals surface area contributed by atoms with Gasteiger partial charge in [0.15, 0.2) is 5.96 Å². The molecule has 1 aliphatic rings. The average molecular weight is 424 g/mol. The number of guanidine groups is 1. The molecule has 1 heterocycles. The lowest BCUT2D eigenvalue weighted by molar-refractivity contribution is -0.122. The standard InChI is InChI=1S/C21H34FN5O3/c1-4-23-21(25-15-17(2)30-19-7-5-18(22)6-8-19)27-12-10-26(11-13-27)16-20(28)24-9-14-29-3/h5-8,17H,4,9-16H2,1-3H3,(H,23,25)(H,24,28). The van der Waals surface area contributed by atoms with Crippen LogP contribution in [0.4, 0.5) is 4.39 Å². The lowest BCUT2D eigenvalue weighted by Gasteiger charge is -2.36. The summed E-state index contributed by atoms with van der Waals surface area (Å²) in [7, 11) is 1.62. The second-order valence-corrected chi connectivity index (χ2v) is 7.18. The van der Waals surface area contributed by atoms with Gasteiger partial charge in [0.2, 0.25) is 5.91 Å². The monoisotopic (exact) mass is 423 g/mol. The summed E-state index contributed by atoms with van der Waals surface area (Å²) >= 11 is 0. The molecule has 0 aromatic heterocycles. The molecule has 0 radical (unpaired) electrons. The number of benzene rings is 1. The fraction of sp³-hybridized carbons (Fsp3) is 0.619. The van der Waals surface area contributed by atoms with Crippen LogP contribution in [0.1, 0.15) is 13.8 Å². The molecule has 1 aliphatic heterocycles. The number of halogens is 1. The van der Waals surface area contributed by atoms with Gasteiger partial charge in [-0.25, -0.2) is 9.38 Å². The van der Waals surface area contributed by atoms with Gasteiger partial charge < -0.3 is 25.0 Å². The number of methoxy groups -OCH3 is 1. The van der Waals surface area contributed by atoms with E-state index in [9.17, 15) is 9.18 Å². The van der Waals surface area contributed by atoms with Crippen molar-refractivity contribution in [2.75, 3.05) is 66.1 Å². The molecule has 1 fully saturated rings. The number of rotatable bonds is 10. The van der Waals surface area contributed by atoms with Crippen LogP contribution in [0.15, 0.2) is 29.3 Å². The van der Waals surface area contributed by atoms with E-state index in [2.05, 4.69) is 20.4 Å². The number of piperazine rings is 1. The zero-order chi connectivity index (χ0) is 21.8. The zero-order valence-electron chi connectivity index (χ0n) is 18.2. The summed E-state index contributed by atoms with van der Waals surface area (Å²) in [6, 6.07) is 6.00. The molecule has 2 rings (SSSR count). The van der Waals surface area contributed by atoms with Crippen LogP contribution in [-0.4, -0.2) is 93.8 Å². The van der Waals surface area contributed by atoms with Crippen LogP contribution in [0, 0.1) is 5.82 Å². The first-order valence-electron chi connectivity index (χ1n) is 10.4. The molecule has 1 aromatic carbocycles. The van der Waals surface area contributed by atoms with Gasteiger partial charge in [-0.15, -0.1) is 0 Å². The van der Waals surface area contributed by atoms with Crippen molar-refractivity contribution in [3.8, 4) is 5.75 Å². The van der Waals surface area contributed by atoms with Crippen molar-refractivity contribution in [1.82, 2.24) is 20.4 Å². The maximum atomic E-state index is 13.0. The number of nitrogens with one attached hydrogen (secondary N) is 2. The number of ether oxygens (including phenoxy) is 2. The molecule has 0 bridgehead atoms. The van der Waals surface area contributed by atoms with Crippen molar-refractivity contribution in [1.29, 1.82) is 0 Å². The van der Waals surface area contributed by atoms with Crippen LogP contribution in [0.25, 0.3) is 0 Å². The van der Waals surface area contributed by atoms with Crippen molar-refractivity contribution in [2.24, 2.45) is 4.99 Å². The minimum absolute atomic E-state index is 0.0211. The Hall–Kier alpha value is -2.39. The number of hydrogen-bond donors (Lipinski definition) is 2. The quantitative estimate of drug-likeness (QED) is 0.331. The largest absolute Gasteiger partial charge is 0.489 e. The van der Waals surface area contributed by atoms with Crippen LogP contribution >= 0.6 is 0 Å². The fourth-order valence-electron chi connectivity index (χ4n) is 3.09. The van der Waals surface area contributed by atoms with Gasteiger partial charge in [0.05, 0.1) is 19.7 Å². The molecule has 1 unspecified atom stereocenters. The highest BCUT2D eigenvalue weighted by Crippen LogP contribution is 2.13. The molecular formula is C21H34FN5O3. The van der Waals surface area contributed by atoms with E-state index in [4.69, 9.17) is 14.5 Å². The number of carbonyl (C=O) groups is 1. The third-order valence-corrected chi connectivity index (χ3v) is 4.65. The minimum atomic E-state index is -0.283. The van der Waals surface area contributed by atoms with Crippen molar-refractivity contribution < 1.29 is 18.7 Å². The van der Waals surface area contributed by atoms with Gasteiger partial charge in [-0.05, 0) is 38.1 Å². The maximum absolute atomic E-state index is 13.0. The average Bonchev–Trinajstić information content (AvgIpc) is 2.73. The first kappa shape index (κ1) is 23.9. The molecule has 9 heteroatoms. The normalized spacial score (nSPS) is 16.3. The molecule has 30 heavy (non-hydrogen) atoms. The molecule has 1 atom stereocenters. The van der Waals surface area contributed by atoms with Gasteiger partial charge in [-0.2, -0.15) is 0 Å². The smallest absolute Gasteiger partial charge is 0.234 e. The van der Waals surface area contributed by atoms with Crippen molar-refractivity contribution in [3.63, 3.8) is 0 Å². The van der Waals surface area contributed by atoms with Gasteiger partial charge in [-0.3, -0.25) is 9.69 Å².